The number of hydrogen-bond acceptors (Lipinski definition) is 3. The highest BCUT2D eigenvalue weighted by Gasteiger charge is 2.19. The number of anilines is 1. The van der Waals surface area contributed by atoms with Gasteiger partial charge in [0.25, 0.3) is 0 Å². The van der Waals surface area contributed by atoms with E-state index in [1.54, 1.807) is 32.4 Å². The molecule has 0 bridgehead atoms. The minimum absolute atomic E-state index is 0.0896. The summed E-state index contributed by atoms with van der Waals surface area (Å²) in [7, 11) is 0. The molecule has 2 aromatic heterocycles. The molecule has 2 aromatic carbocycles. The zero-order valence-corrected chi connectivity index (χ0v) is 18.0. The molecule has 31 heavy (non-hydrogen) atoms. The number of pyridine rings is 1. The average Bonchev–Trinajstić information content (AvgIpc) is 3.07. The molecule has 4 aromatic rings. The highest BCUT2D eigenvalue weighted by Crippen LogP contribution is 2.21. The lowest BCUT2D eigenvalue weighted by Gasteiger charge is -2.23. The Hall–Kier alpha value is -3.38. The van der Waals surface area contributed by atoms with Crippen molar-refractivity contribution in [3.8, 4) is 0 Å². The van der Waals surface area contributed by atoms with Crippen molar-refractivity contribution in [2.45, 2.75) is 33.0 Å². The number of para-hydroxylation sites is 2. The van der Waals surface area contributed by atoms with Crippen LogP contribution in [0.1, 0.15) is 19.0 Å². The maximum absolute atomic E-state index is 13.3. The minimum Gasteiger partial charge on any atom is -0.306 e. The SMILES string of the molecule is CCn1c(=O)n(CCC(=O)N(Cc2ccccn2)c2ccc(Cl)cc2)c2ccccc21. The third-order valence-electron chi connectivity index (χ3n) is 5.28. The van der Waals surface area contributed by atoms with E-state index in [9.17, 15) is 9.59 Å². The van der Waals surface area contributed by atoms with Crippen LogP contribution in [-0.4, -0.2) is 20.0 Å². The van der Waals surface area contributed by atoms with E-state index in [1.807, 2.05) is 61.5 Å². The van der Waals surface area contributed by atoms with Gasteiger partial charge < -0.3 is 4.90 Å². The van der Waals surface area contributed by atoms with Crippen LogP contribution in [-0.2, 0) is 24.4 Å². The molecule has 0 N–H and O–H groups in total. The Morgan fingerprint density at radius 2 is 1.65 bits per heavy atom. The number of aryl methyl sites for hydroxylation is 2. The smallest absolute Gasteiger partial charge is 0.306 e. The van der Waals surface area contributed by atoms with Gasteiger partial charge in [0.05, 0.1) is 23.3 Å². The number of halogens is 1. The van der Waals surface area contributed by atoms with Crippen molar-refractivity contribution in [1.29, 1.82) is 0 Å². The number of aromatic nitrogens is 3. The maximum atomic E-state index is 13.3. The first-order valence-electron chi connectivity index (χ1n) is 10.2. The van der Waals surface area contributed by atoms with Gasteiger partial charge in [0, 0.05) is 36.4 Å². The first kappa shape index (κ1) is 20.9. The van der Waals surface area contributed by atoms with Crippen molar-refractivity contribution in [1.82, 2.24) is 14.1 Å². The molecule has 0 aliphatic heterocycles. The van der Waals surface area contributed by atoms with Gasteiger partial charge in [0.15, 0.2) is 0 Å². The average molecular weight is 435 g/mol. The van der Waals surface area contributed by atoms with E-state index in [4.69, 9.17) is 11.6 Å². The van der Waals surface area contributed by atoms with Crippen LogP contribution in [0.5, 0.6) is 0 Å². The summed E-state index contributed by atoms with van der Waals surface area (Å²) in [6.45, 7) is 3.17. The van der Waals surface area contributed by atoms with Gasteiger partial charge in [0.1, 0.15) is 0 Å². The molecule has 0 aliphatic rings. The fraction of sp³-hybridized carbons (Fsp3) is 0.208. The van der Waals surface area contributed by atoms with Crippen LogP contribution < -0.4 is 10.6 Å². The summed E-state index contributed by atoms with van der Waals surface area (Å²) < 4.78 is 3.40. The van der Waals surface area contributed by atoms with E-state index in [1.165, 1.54) is 0 Å². The molecule has 0 radical (unpaired) electrons. The Kier molecular flexibility index (Phi) is 6.18. The van der Waals surface area contributed by atoms with Crippen LogP contribution in [0, 0.1) is 0 Å². The number of fused-ring (bicyclic) bond motifs is 1. The van der Waals surface area contributed by atoms with Crippen LogP contribution >= 0.6 is 11.6 Å². The summed E-state index contributed by atoms with van der Waals surface area (Å²) in [5.74, 6) is -0.0896. The normalized spacial score (nSPS) is 11.0. The number of nitrogens with zero attached hydrogens (tertiary/aromatic N) is 4. The summed E-state index contributed by atoms with van der Waals surface area (Å²) >= 11 is 6.03. The van der Waals surface area contributed by atoms with Crippen molar-refractivity contribution < 1.29 is 4.79 Å². The highest BCUT2D eigenvalue weighted by molar-refractivity contribution is 6.30. The summed E-state index contributed by atoms with van der Waals surface area (Å²) in [6.07, 6.45) is 1.89. The molecule has 6 nitrogen and oxygen atoms in total. The lowest BCUT2D eigenvalue weighted by molar-refractivity contribution is -0.119. The van der Waals surface area contributed by atoms with E-state index in [-0.39, 0.29) is 18.0 Å². The van der Waals surface area contributed by atoms with Gasteiger partial charge in [-0.2, -0.15) is 0 Å². The van der Waals surface area contributed by atoms with Gasteiger partial charge in [-0.15, -0.1) is 0 Å². The van der Waals surface area contributed by atoms with Crippen molar-refractivity contribution >= 4 is 34.2 Å². The number of imidazole rings is 1. The quantitative estimate of drug-likeness (QED) is 0.430. The van der Waals surface area contributed by atoms with Gasteiger partial charge in [-0.05, 0) is 55.5 Å². The van der Waals surface area contributed by atoms with Crippen molar-refractivity contribution in [3.05, 3.63) is 94.1 Å². The lowest BCUT2D eigenvalue weighted by atomic mass is 10.2. The molecule has 0 fully saturated rings. The Morgan fingerprint density at radius 3 is 2.29 bits per heavy atom. The fourth-order valence-corrected chi connectivity index (χ4v) is 3.86. The van der Waals surface area contributed by atoms with E-state index in [0.717, 1.165) is 22.4 Å². The standard InChI is InChI=1S/C24H23ClN4O2/c1-2-27-21-8-3-4-9-22(21)28(24(27)31)16-14-23(30)29(17-19-7-5-6-15-26-19)20-12-10-18(25)11-13-20/h3-13,15H,2,14,16-17H2,1H3. The number of hydrogen-bond donors (Lipinski definition) is 0. The monoisotopic (exact) mass is 434 g/mol. The molecular weight excluding hydrogens is 412 g/mol. The van der Waals surface area contributed by atoms with Crippen molar-refractivity contribution in [3.63, 3.8) is 0 Å². The molecule has 0 saturated carbocycles. The number of amides is 1. The largest absolute Gasteiger partial charge is 0.329 e. The third kappa shape index (κ3) is 4.39. The molecule has 7 heteroatoms. The van der Waals surface area contributed by atoms with Crippen LogP contribution in [0.2, 0.25) is 5.02 Å². The molecular formula is C24H23ClN4O2. The van der Waals surface area contributed by atoms with Crippen LogP contribution in [0.15, 0.2) is 77.7 Å². The molecule has 0 spiro atoms. The van der Waals surface area contributed by atoms with Gasteiger partial charge >= 0.3 is 5.69 Å². The van der Waals surface area contributed by atoms with E-state index in [2.05, 4.69) is 4.98 Å². The Balaban J connectivity index is 1.61. The zero-order chi connectivity index (χ0) is 21.8. The predicted molar refractivity (Wildman–Crippen MR) is 123 cm³/mol. The van der Waals surface area contributed by atoms with Crippen molar-refractivity contribution in [2.24, 2.45) is 0 Å². The third-order valence-corrected chi connectivity index (χ3v) is 5.53. The van der Waals surface area contributed by atoms with Gasteiger partial charge in [0.2, 0.25) is 5.91 Å². The number of carbonyl (C=O) groups is 1. The fourth-order valence-electron chi connectivity index (χ4n) is 3.73. The molecule has 158 valence electrons. The number of carbonyl (C=O) groups excluding carboxylic acids is 1. The van der Waals surface area contributed by atoms with Crippen molar-refractivity contribution in [2.75, 3.05) is 4.90 Å². The van der Waals surface area contributed by atoms with E-state index < -0.39 is 0 Å². The zero-order valence-electron chi connectivity index (χ0n) is 17.2. The Morgan fingerprint density at radius 1 is 0.968 bits per heavy atom. The second-order valence-corrected chi connectivity index (χ2v) is 7.63. The lowest BCUT2D eigenvalue weighted by Crippen LogP contribution is -2.33. The molecule has 2 heterocycles. The molecule has 0 saturated heterocycles. The minimum atomic E-state index is -0.0979. The topological polar surface area (TPSA) is 60.1 Å². The maximum Gasteiger partial charge on any atom is 0.329 e. The van der Waals surface area contributed by atoms with Gasteiger partial charge in [-0.3, -0.25) is 18.9 Å². The highest BCUT2D eigenvalue weighted by atomic mass is 35.5. The Bertz CT molecular complexity index is 1250. The van der Waals surface area contributed by atoms with Crippen LogP contribution in [0.25, 0.3) is 11.0 Å². The predicted octanol–water partition coefficient (Wildman–Crippen LogP) is 4.49. The first-order valence-corrected chi connectivity index (χ1v) is 10.6. The molecule has 0 atom stereocenters. The molecule has 1 amide bonds. The van der Waals surface area contributed by atoms with E-state index in [0.29, 0.717) is 24.7 Å². The summed E-state index contributed by atoms with van der Waals surface area (Å²) in [5, 5.41) is 0.605. The van der Waals surface area contributed by atoms with Crippen LogP contribution in [0.3, 0.4) is 0 Å². The molecule has 4 rings (SSSR count). The summed E-state index contributed by atoms with van der Waals surface area (Å²) in [4.78, 5) is 32.2. The first-order chi connectivity index (χ1) is 15.1. The molecule has 0 aliphatic carbocycles. The van der Waals surface area contributed by atoms with E-state index >= 15 is 0 Å². The van der Waals surface area contributed by atoms with Gasteiger partial charge in [-0.25, -0.2) is 4.79 Å². The van der Waals surface area contributed by atoms with Crippen LogP contribution in [0.4, 0.5) is 5.69 Å². The second kappa shape index (κ2) is 9.18. The number of benzene rings is 2. The summed E-state index contributed by atoms with van der Waals surface area (Å²) in [6, 6.07) is 20.4. The Labute approximate surface area is 185 Å². The van der Waals surface area contributed by atoms with Gasteiger partial charge in [-0.1, -0.05) is 29.8 Å². The second-order valence-electron chi connectivity index (χ2n) is 7.19. The molecule has 0 unspecified atom stereocenters. The number of rotatable bonds is 7. The summed E-state index contributed by atoms with van der Waals surface area (Å²) in [5.41, 5.74) is 3.14.